The van der Waals surface area contributed by atoms with Crippen molar-refractivity contribution in [3.63, 3.8) is 0 Å². The number of aromatic nitrogens is 2. The highest BCUT2D eigenvalue weighted by Crippen LogP contribution is 2.48. The van der Waals surface area contributed by atoms with Crippen molar-refractivity contribution in [2.75, 3.05) is 0 Å². The van der Waals surface area contributed by atoms with E-state index in [0.29, 0.717) is 9.52 Å². The zero-order valence-corrected chi connectivity index (χ0v) is 37.5. The first-order chi connectivity index (χ1) is 33.2. The van der Waals surface area contributed by atoms with E-state index in [-0.39, 0.29) is 0 Å². The smallest absolute Gasteiger partial charge is 0.121 e. The fraction of sp³-hybridized carbons (Fsp3) is 0. The van der Waals surface area contributed by atoms with Crippen molar-refractivity contribution in [1.82, 2.24) is 9.13 Å². The molecule has 0 fully saturated rings. The fourth-order valence-electron chi connectivity index (χ4n) is 11.2. The molecule has 310 valence electrons. The summed E-state index contributed by atoms with van der Waals surface area (Å²) < 4.78 is 4.95. The van der Waals surface area contributed by atoms with E-state index in [1.807, 2.05) is 0 Å². The molecule has 12 aromatic carbocycles. The lowest BCUT2D eigenvalue weighted by Gasteiger charge is -2.22. The van der Waals surface area contributed by atoms with Crippen LogP contribution in [0, 0.1) is 0 Å². The highest BCUT2D eigenvalue weighted by atomic mass is 28.2. The minimum absolute atomic E-state index is 0.521. The molecule has 0 saturated carbocycles. The third-order valence-corrected chi connectivity index (χ3v) is 15.2. The van der Waals surface area contributed by atoms with E-state index in [0.717, 1.165) is 11.4 Å². The van der Waals surface area contributed by atoms with Gasteiger partial charge in [0.25, 0.3) is 0 Å². The summed E-state index contributed by atoms with van der Waals surface area (Å²) >= 11 is 0. The van der Waals surface area contributed by atoms with Crippen molar-refractivity contribution in [2.45, 2.75) is 0 Å². The van der Waals surface area contributed by atoms with E-state index in [9.17, 15) is 0 Å². The third kappa shape index (κ3) is 5.88. The Balaban J connectivity index is 1.14. The van der Waals surface area contributed by atoms with Gasteiger partial charge in [-0.15, -0.1) is 0 Å². The van der Waals surface area contributed by atoms with E-state index in [1.54, 1.807) is 0 Å². The van der Waals surface area contributed by atoms with Crippen molar-refractivity contribution in [1.29, 1.82) is 0 Å². The van der Waals surface area contributed by atoms with Gasteiger partial charge in [-0.1, -0.05) is 204 Å². The first kappa shape index (κ1) is 37.8. The van der Waals surface area contributed by atoms with Crippen LogP contribution in [0.3, 0.4) is 0 Å². The molecule has 3 heteroatoms. The Morgan fingerprint density at radius 2 is 0.687 bits per heavy atom. The van der Waals surface area contributed by atoms with Crippen LogP contribution < -0.4 is 10.4 Å². The number of hydrogen-bond acceptors (Lipinski definition) is 0. The molecule has 0 atom stereocenters. The van der Waals surface area contributed by atoms with E-state index >= 15 is 0 Å². The maximum Gasteiger partial charge on any atom is 0.121 e. The molecule has 0 bridgehead atoms. The number of para-hydroxylation sites is 4. The molecule has 2 aromatic heterocycles. The lowest BCUT2D eigenvalue weighted by atomic mass is 9.83. The Morgan fingerprint density at radius 1 is 0.254 bits per heavy atom. The molecule has 14 rings (SSSR count). The summed E-state index contributed by atoms with van der Waals surface area (Å²) in [5.74, 6) is 0. The van der Waals surface area contributed by atoms with Gasteiger partial charge in [-0.05, 0) is 114 Å². The molecule has 0 amide bonds. The lowest BCUT2D eigenvalue weighted by Crippen LogP contribution is -2.26. The Bertz CT molecular complexity index is 4070. The first-order valence-corrected chi connectivity index (χ1v) is 24.1. The summed E-state index contributed by atoms with van der Waals surface area (Å²) in [6.07, 6.45) is 0. The van der Waals surface area contributed by atoms with Crippen LogP contribution in [-0.4, -0.2) is 18.7 Å². The summed E-state index contributed by atoms with van der Waals surface area (Å²) in [6.45, 7) is 0. The molecule has 0 aliphatic carbocycles. The van der Waals surface area contributed by atoms with Crippen LogP contribution in [0.5, 0.6) is 0 Å². The summed E-state index contributed by atoms with van der Waals surface area (Å²) in [4.78, 5) is 0. The van der Waals surface area contributed by atoms with Gasteiger partial charge in [-0.3, -0.25) is 0 Å². The summed E-state index contributed by atoms with van der Waals surface area (Å²) in [5.41, 5.74) is 11.9. The van der Waals surface area contributed by atoms with Crippen molar-refractivity contribution in [2.24, 2.45) is 0 Å². The predicted molar refractivity (Wildman–Crippen MR) is 287 cm³/mol. The highest BCUT2D eigenvalue weighted by molar-refractivity contribution is 6.67. The largest absolute Gasteiger partial charge is 0.309 e. The Labute approximate surface area is 390 Å². The Morgan fingerprint density at radius 3 is 1.25 bits per heavy atom. The van der Waals surface area contributed by atoms with Gasteiger partial charge < -0.3 is 9.13 Å². The van der Waals surface area contributed by atoms with Gasteiger partial charge in [-0.25, -0.2) is 0 Å². The quantitative estimate of drug-likeness (QED) is 0.0895. The van der Waals surface area contributed by atoms with Gasteiger partial charge in [0.1, 0.15) is 9.52 Å². The normalized spacial score (nSPS) is 11.9. The van der Waals surface area contributed by atoms with Crippen molar-refractivity contribution < 1.29 is 0 Å². The van der Waals surface area contributed by atoms with E-state index in [2.05, 4.69) is 252 Å². The molecule has 14 aromatic rings. The van der Waals surface area contributed by atoms with Crippen LogP contribution in [0.25, 0.3) is 120 Å². The van der Waals surface area contributed by atoms with Gasteiger partial charge in [0.15, 0.2) is 0 Å². The van der Waals surface area contributed by atoms with Crippen LogP contribution in [0.15, 0.2) is 243 Å². The van der Waals surface area contributed by atoms with Crippen LogP contribution in [0.4, 0.5) is 0 Å². The fourth-order valence-corrected chi connectivity index (χ4v) is 12.3. The monoisotopic (exact) mass is 864 g/mol. The van der Waals surface area contributed by atoms with E-state index in [4.69, 9.17) is 0 Å². The molecule has 2 nitrogen and oxygen atoms in total. The second kappa shape index (κ2) is 15.0. The van der Waals surface area contributed by atoms with Crippen molar-refractivity contribution in [3.05, 3.63) is 243 Å². The predicted octanol–water partition coefficient (Wildman–Crippen LogP) is 15.5. The number of rotatable bonds is 6. The minimum Gasteiger partial charge on any atom is -0.309 e. The molecule has 67 heavy (non-hydrogen) atoms. The minimum atomic E-state index is 0.521. The van der Waals surface area contributed by atoms with Gasteiger partial charge in [-0.2, -0.15) is 0 Å². The zero-order chi connectivity index (χ0) is 44.0. The molecule has 2 radical (unpaired) electrons. The maximum absolute atomic E-state index is 2.50. The van der Waals surface area contributed by atoms with Crippen LogP contribution in [-0.2, 0) is 0 Å². The lowest BCUT2D eigenvalue weighted by molar-refractivity contribution is 1.14. The average molecular weight is 865 g/mol. The first-order valence-electron chi connectivity index (χ1n) is 23.1. The standard InChI is InChI=1S/C64H40N2Si/c1-2-19-45(20-3-1)67-46-34-35-56-58(40-46)64(57-38-41-18-4-5-21-47(41)48-22-6-7-23-49(48)57)55-29-9-8-28-54(55)63(56)42-36-43(65-59-30-14-10-24-50(59)51-25-11-15-31-60(51)65)39-44(37-42)66-61-32-16-12-26-52(61)53-27-13-17-33-62(53)66/h1-40H. The number of nitrogens with zero attached hydrogens (tertiary/aromatic N) is 2. The highest BCUT2D eigenvalue weighted by Gasteiger charge is 2.23. The molecular formula is C64H40N2Si. The molecule has 2 heterocycles. The van der Waals surface area contributed by atoms with Gasteiger partial charge in [0.2, 0.25) is 0 Å². The second-order valence-electron chi connectivity index (χ2n) is 17.7. The SMILES string of the molecule is c1ccc([Si]c2ccc3c(-c4cc(-n5c6ccccc6c6ccccc65)cc(-n5c6ccccc6c6ccccc65)c4)c4ccccc4c(-c4cc5ccccc5c5ccccc45)c3c2)cc1. The van der Waals surface area contributed by atoms with Gasteiger partial charge >= 0.3 is 0 Å². The maximum atomic E-state index is 2.50. The second-order valence-corrected chi connectivity index (χ2v) is 19.1. The summed E-state index contributed by atoms with van der Waals surface area (Å²) in [7, 11) is 0.521. The molecule has 0 spiro atoms. The zero-order valence-electron chi connectivity index (χ0n) is 36.5. The Hall–Kier alpha value is -8.50. The molecule has 0 unspecified atom stereocenters. The molecule has 0 aliphatic heterocycles. The third-order valence-electron chi connectivity index (χ3n) is 14.0. The molecular weight excluding hydrogens is 825 g/mol. The number of fused-ring (bicyclic) bond motifs is 11. The van der Waals surface area contributed by atoms with Gasteiger partial charge in [0, 0.05) is 32.9 Å². The summed E-state index contributed by atoms with van der Waals surface area (Å²) in [6, 6.07) is 90.3. The van der Waals surface area contributed by atoms with Crippen LogP contribution in [0.1, 0.15) is 0 Å². The number of hydrogen-bond donors (Lipinski definition) is 0. The van der Waals surface area contributed by atoms with Crippen LogP contribution in [0.2, 0.25) is 0 Å². The van der Waals surface area contributed by atoms with E-state index in [1.165, 1.54) is 119 Å². The van der Waals surface area contributed by atoms with Crippen molar-refractivity contribution in [3.8, 4) is 33.6 Å². The average Bonchev–Trinajstić information content (AvgIpc) is 3.91. The van der Waals surface area contributed by atoms with Crippen molar-refractivity contribution >= 4 is 107 Å². The van der Waals surface area contributed by atoms with Gasteiger partial charge in [0.05, 0.1) is 22.1 Å². The molecule has 0 aliphatic rings. The molecule has 0 saturated heterocycles. The Kier molecular flexibility index (Phi) is 8.49. The number of benzene rings is 12. The van der Waals surface area contributed by atoms with E-state index < -0.39 is 0 Å². The van der Waals surface area contributed by atoms with Crippen LogP contribution >= 0.6 is 0 Å². The summed E-state index contributed by atoms with van der Waals surface area (Å²) in [5, 5.41) is 17.7. The topological polar surface area (TPSA) is 9.86 Å². The molecule has 0 N–H and O–H groups in total.